The predicted octanol–water partition coefficient (Wildman–Crippen LogP) is 1.33. The first-order valence-corrected chi connectivity index (χ1v) is 10.2. The topological polar surface area (TPSA) is 122 Å². The minimum absolute atomic E-state index is 0.0268. The first-order valence-electron chi connectivity index (χ1n) is 8.37. The van der Waals surface area contributed by atoms with Crippen LogP contribution in [-0.2, 0) is 21.2 Å². The second-order valence-electron chi connectivity index (χ2n) is 6.69. The highest BCUT2D eigenvalue weighted by Crippen LogP contribution is 2.27. The van der Waals surface area contributed by atoms with Gasteiger partial charge in [0.15, 0.2) is 5.76 Å². The average Bonchev–Trinajstić information content (AvgIpc) is 3.09. The highest BCUT2D eigenvalue weighted by molar-refractivity contribution is 7.91. The van der Waals surface area contributed by atoms with Gasteiger partial charge >= 0.3 is 0 Å². The summed E-state index contributed by atoms with van der Waals surface area (Å²) in [5.74, 6) is -1.21. The lowest BCUT2D eigenvalue weighted by Gasteiger charge is -2.35. The molecule has 0 spiro atoms. The SMILES string of the molecule is Cc1ccc(-c2cc(CNC3(C(=O)NO)CCS(=O)(=O)CC3)no2)c(F)c1. The third-order valence-corrected chi connectivity index (χ3v) is 6.43. The molecule has 1 amide bonds. The van der Waals surface area contributed by atoms with Gasteiger partial charge in [0.2, 0.25) is 0 Å². The third kappa shape index (κ3) is 4.18. The molecule has 1 saturated heterocycles. The molecular weight excluding hydrogens is 377 g/mol. The number of sulfone groups is 1. The number of hydrogen-bond donors (Lipinski definition) is 3. The van der Waals surface area contributed by atoms with E-state index < -0.39 is 27.1 Å². The molecule has 146 valence electrons. The van der Waals surface area contributed by atoms with Crippen LogP contribution in [0.2, 0.25) is 0 Å². The van der Waals surface area contributed by atoms with E-state index >= 15 is 0 Å². The molecule has 3 rings (SSSR count). The predicted molar refractivity (Wildman–Crippen MR) is 94.0 cm³/mol. The van der Waals surface area contributed by atoms with Gasteiger partial charge in [-0.1, -0.05) is 11.2 Å². The maximum atomic E-state index is 14.1. The summed E-state index contributed by atoms with van der Waals surface area (Å²) in [6.45, 7) is 1.86. The van der Waals surface area contributed by atoms with Crippen molar-refractivity contribution in [3.8, 4) is 11.3 Å². The van der Waals surface area contributed by atoms with E-state index in [0.29, 0.717) is 5.69 Å². The van der Waals surface area contributed by atoms with Crippen molar-refractivity contribution in [2.75, 3.05) is 11.5 Å². The number of carbonyl (C=O) groups excluding carboxylic acids is 1. The Kier molecular flexibility index (Phi) is 5.31. The summed E-state index contributed by atoms with van der Waals surface area (Å²) in [4.78, 5) is 12.1. The fourth-order valence-corrected chi connectivity index (χ4v) is 4.60. The van der Waals surface area contributed by atoms with Crippen molar-refractivity contribution in [1.82, 2.24) is 16.0 Å². The average molecular weight is 397 g/mol. The summed E-state index contributed by atoms with van der Waals surface area (Å²) >= 11 is 0. The summed E-state index contributed by atoms with van der Waals surface area (Å²) in [5.41, 5.74) is 1.83. The largest absolute Gasteiger partial charge is 0.356 e. The van der Waals surface area contributed by atoms with Crippen molar-refractivity contribution >= 4 is 15.7 Å². The highest BCUT2D eigenvalue weighted by Gasteiger charge is 2.43. The van der Waals surface area contributed by atoms with Gasteiger partial charge in [-0.15, -0.1) is 0 Å². The van der Waals surface area contributed by atoms with Gasteiger partial charge in [0.05, 0.1) is 22.8 Å². The van der Waals surface area contributed by atoms with Crippen molar-refractivity contribution in [1.29, 1.82) is 0 Å². The van der Waals surface area contributed by atoms with Crippen LogP contribution < -0.4 is 10.8 Å². The highest BCUT2D eigenvalue weighted by atomic mass is 32.2. The maximum absolute atomic E-state index is 14.1. The van der Waals surface area contributed by atoms with Crippen LogP contribution in [0, 0.1) is 12.7 Å². The van der Waals surface area contributed by atoms with Gasteiger partial charge in [0.1, 0.15) is 21.2 Å². The molecule has 8 nitrogen and oxygen atoms in total. The monoisotopic (exact) mass is 397 g/mol. The van der Waals surface area contributed by atoms with E-state index in [-0.39, 0.29) is 42.2 Å². The van der Waals surface area contributed by atoms with Crippen molar-refractivity contribution < 1.29 is 27.3 Å². The van der Waals surface area contributed by atoms with Crippen LogP contribution in [-0.4, -0.2) is 41.7 Å². The molecule has 0 aliphatic carbocycles. The number of hydroxylamine groups is 1. The van der Waals surface area contributed by atoms with Gasteiger partial charge in [0, 0.05) is 12.6 Å². The molecule has 1 aliphatic rings. The van der Waals surface area contributed by atoms with Crippen molar-refractivity contribution in [3.05, 3.63) is 41.3 Å². The third-order valence-electron chi connectivity index (χ3n) is 4.77. The van der Waals surface area contributed by atoms with E-state index in [0.717, 1.165) is 5.56 Å². The standard InChI is InChI=1S/C17H20FN3O5S/c1-11-2-3-13(14(18)8-11)15-9-12(21-26-15)10-19-17(16(22)20-23)4-6-27(24,25)7-5-17/h2-3,8-9,19,23H,4-7,10H2,1H3,(H,20,22). The van der Waals surface area contributed by atoms with E-state index in [1.54, 1.807) is 30.6 Å². The second kappa shape index (κ2) is 7.37. The van der Waals surface area contributed by atoms with Crippen LogP contribution in [0.5, 0.6) is 0 Å². The summed E-state index contributed by atoms with van der Waals surface area (Å²) in [6, 6.07) is 6.28. The Labute approximate surface area is 155 Å². The Morgan fingerprint density at radius 3 is 2.67 bits per heavy atom. The molecule has 1 aromatic carbocycles. The Hall–Kier alpha value is -2.30. The van der Waals surface area contributed by atoms with E-state index in [4.69, 9.17) is 9.73 Å². The second-order valence-corrected chi connectivity index (χ2v) is 9.00. The van der Waals surface area contributed by atoms with Crippen LogP contribution in [0.1, 0.15) is 24.1 Å². The lowest BCUT2D eigenvalue weighted by molar-refractivity contribution is -0.136. The number of rotatable bonds is 5. The number of carbonyl (C=O) groups is 1. The molecule has 1 fully saturated rings. The van der Waals surface area contributed by atoms with Crippen LogP contribution in [0.15, 0.2) is 28.8 Å². The molecule has 2 heterocycles. The number of nitrogens with zero attached hydrogens (tertiary/aromatic N) is 1. The lowest BCUT2D eigenvalue weighted by atomic mass is 9.91. The molecule has 27 heavy (non-hydrogen) atoms. The van der Waals surface area contributed by atoms with E-state index in [2.05, 4.69) is 10.5 Å². The molecular formula is C17H20FN3O5S. The molecule has 10 heteroatoms. The number of hydrogen-bond acceptors (Lipinski definition) is 7. The molecule has 0 saturated carbocycles. The zero-order valence-corrected chi connectivity index (χ0v) is 15.5. The van der Waals surface area contributed by atoms with Gasteiger partial charge in [-0.3, -0.25) is 15.3 Å². The zero-order chi connectivity index (χ0) is 19.7. The van der Waals surface area contributed by atoms with Gasteiger partial charge < -0.3 is 4.52 Å². The summed E-state index contributed by atoms with van der Waals surface area (Å²) in [7, 11) is -3.20. The fourth-order valence-electron chi connectivity index (χ4n) is 3.08. The zero-order valence-electron chi connectivity index (χ0n) is 14.7. The summed E-state index contributed by atoms with van der Waals surface area (Å²) in [5, 5.41) is 15.9. The van der Waals surface area contributed by atoms with Crippen LogP contribution in [0.25, 0.3) is 11.3 Å². The van der Waals surface area contributed by atoms with Crippen LogP contribution in [0.4, 0.5) is 4.39 Å². The molecule has 0 radical (unpaired) electrons. The van der Waals surface area contributed by atoms with Crippen LogP contribution >= 0.6 is 0 Å². The number of aromatic nitrogens is 1. The lowest BCUT2D eigenvalue weighted by Crippen LogP contribution is -2.59. The molecule has 3 N–H and O–H groups in total. The normalized spacial score (nSPS) is 18.2. The molecule has 0 atom stereocenters. The maximum Gasteiger partial charge on any atom is 0.263 e. The van der Waals surface area contributed by atoms with Gasteiger partial charge in [-0.05, 0) is 37.5 Å². The Morgan fingerprint density at radius 1 is 1.33 bits per heavy atom. The molecule has 1 aromatic heterocycles. The first-order chi connectivity index (χ1) is 12.7. The minimum Gasteiger partial charge on any atom is -0.356 e. The smallest absolute Gasteiger partial charge is 0.263 e. The van der Waals surface area contributed by atoms with E-state index in [1.807, 2.05) is 0 Å². The molecule has 2 aromatic rings. The van der Waals surface area contributed by atoms with E-state index in [9.17, 15) is 17.6 Å². The summed E-state index contributed by atoms with van der Waals surface area (Å²) < 4.78 is 42.6. The Bertz CT molecular complexity index is 943. The van der Waals surface area contributed by atoms with Gasteiger partial charge in [-0.25, -0.2) is 18.3 Å². The van der Waals surface area contributed by atoms with Gasteiger partial charge in [-0.2, -0.15) is 0 Å². The van der Waals surface area contributed by atoms with Crippen molar-refractivity contribution in [3.63, 3.8) is 0 Å². The Balaban J connectivity index is 1.75. The van der Waals surface area contributed by atoms with Gasteiger partial charge in [0.25, 0.3) is 5.91 Å². The quantitative estimate of drug-likeness (QED) is 0.514. The number of halogens is 1. The molecule has 0 bridgehead atoms. The van der Waals surface area contributed by atoms with E-state index in [1.165, 1.54) is 6.07 Å². The number of aryl methyl sites for hydroxylation is 1. The Morgan fingerprint density at radius 2 is 2.04 bits per heavy atom. The number of nitrogens with one attached hydrogen (secondary N) is 2. The van der Waals surface area contributed by atoms with Crippen LogP contribution in [0.3, 0.4) is 0 Å². The number of benzene rings is 1. The molecule has 1 aliphatic heterocycles. The minimum atomic E-state index is -3.20. The number of amides is 1. The first kappa shape index (κ1) is 19.5. The van der Waals surface area contributed by atoms with Crippen molar-refractivity contribution in [2.45, 2.75) is 31.8 Å². The molecule has 0 unspecified atom stereocenters. The summed E-state index contributed by atoms with van der Waals surface area (Å²) in [6.07, 6.45) is 0.0536. The van der Waals surface area contributed by atoms with Crippen molar-refractivity contribution in [2.24, 2.45) is 0 Å². The fraction of sp³-hybridized carbons (Fsp3) is 0.412.